The van der Waals surface area contributed by atoms with Gasteiger partial charge in [-0.3, -0.25) is 9.59 Å². The monoisotopic (exact) mass is 245 g/mol. The van der Waals surface area contributed by atoms with Crippen LogP contribution < -0.4 is 0 Å². The van der Waals surface area contributed by atoms with Gasteiger partial charge in [-0.15, -0.1) is 0 Å². The molecule has 0 N–H and O–H groups in total. The van der Waals surface area contributed by atoms with Gasteiger partial charge in [0.05, 0.1) is 13.2 Å². The van der Waals surface area contributed by atoms with Crippen LogP contribution in [0.3, 0.4) is 0 Å². The van der Waals surface area contributed by atoms with E-state index in [0.717, 1.165) is 11.1 Å². The lowest BCUT2D eigenvalue weighted by Gasteiger charge is -2.07. The number of ether oxygens (including phenoxy) is 1. The number of carbonyl (C=O) groups is 2. The van der Waals surface area contributed by atoms with Crippen molar-refractivity contribution >= 4 is 11.8 Å². The van der Waals surface area contributed by atoms with Crippen molar-refractivity contribution in [2.75, 3.05) is 7.11 Å². The summed E-state index contributed by atoms with van der Waals surface area (Å²) >= 11 is 0. The second-order valence-electron chi connectivity index (χ2n) is 4.13. The van der Waals surface area contributed by atoms with Gasteiger partial charge in [0.2, 0.25) is 0 Å². The molecule has 0 heterocycles. The van der Waals surface area contributed by atoms with E-state index in [1.54, 1.807) is 18.2 Å². The Balaban J connectivity index is 2.85. The SMILES string of the molecule is COC(=O)C(C#N)CC(=O)c1ccc(C)c(C)c1. The third kappa shape index (κ3) is 3.17. The zero-order valence-corrected chi connectivity index (χ0v) is 10.7. The molecule has 0 amide bonds. The van der Waals surface area contributed by atoms with Crippen LogP contribution in [0.5, 0.6) is 0 Å². The van der Waals surface area contributed by atoms with Crippen LogP contribution in [0.1, 0.15) is 27.9 Å². The Morgan fingerprint density at radius 1 is 1.33 bits per heavy atom. The van der Waals surface area contributed by atoms with Gasteiger partial charge in [0, 0.05) is 12.0 Å². The molecule has 0 saturated heterocycles. The van der Waals surface area contributed by atoms with Crippen LogP contribution in [0.4, 0.5) is 0 Å². The van der Waals surface area contributed by atoms with Crippen molar-refractivity contribution in [3.63, 3.8) is 0 Å². The van der Waals surface area contributed by atoms with Crippen LogP contribution in [0.15, 0.2) is 18.2 Å². The third-order valence-electron chi connectivity index (χ3n) is 2.86. The van der Waals surface area contributed by atoms with Crippen LogP contribution in [-0.4, -0.2) is 18.9 Å². The Morgan fingerprint density at radius 2 is 2.00 bits per heavy atom. The number of nitriles is 1. The predicted octanol–water partition coefficient (Wildman–Crippen LogP) is 2.19. The average Bonchev–Trinajstić information content (AvgIpc) is 2.37. The van der Waals surface area contributed by atoms with Gasteiger partial charge in [-0.05, 0) is 31.0 Å². The highest BCUT2D eigenvalue weighted by atomic mass is 16.5. The first-order valence-corrected chi connectivity index (χ1v) is 5.57. The van der Waals surface area contributed by atoms with Crippen molar-refractivity contribution in [1.82, 2.24) is 0 Å². The number of carbonyl (C=O) groups excluding carboxylic acids is 2. The fraction of sp³-hybridized carbons (Fsp3) is 0.357. The molecular weight excluding hydrogens is 230 g/mol. The number of benzene rings is 1. The maximum absolute atomic E-state index is 11.9. The number of hydrogen-bond donors (Lipinski definition) is 0. The van der Waals surface area contributed by atoms with Crippen molar-refractivity contribution in [2.45, 2.75) is 20.3 Å². The van der Waals surface area contributed by atoms with Gasteiger partial charge in [-0.1, -0.05) is 12.1 Å². The Kier molecular flexibility index (Phi) is 4.61. The number of esters is 1. The lowest BCUT2D eigenvalue weighted by molar-refractivity contribution is -0.143. The smallest absolute Gasteiger partial charge is 0.323 e. The normalized spacial score (nSPS) is 11.4. The summed E-state index contributed by atoms with van der Waals surface area (Å²) in [6.07, 6.45) is -0.147. The topological polar surface area (TPSA) is 67.2 Å². The highest BCUT2D eigenvalue weighted by Crippen LogP contribution is 2.15. The van der Waals surface area contributed by atoms with Crippen LogP contribution in [0, 0.1) is 31.1 Å². The van der Waals surface area contributed by atoms with E-state index in [1.165, 1.54) is 7.11 Å². The van der Waals surface area contributed by atoms with E-state index in [0.29, 0.717) is 5.56 Å². The lowest BCUT2D eigenvalue weighted by Crippen LogP contribution is -2.18. The Labute approximate surface area is 106 Å². The van der Waals surface area contributed by atoms with Gasteiger partial charge in [0.15, 0.2) is 11.7 Å². The molecule has 94 valence electrons. The van der Waals surface area contributed by atoms with E-state index in [4.69, 9.17) is 5.26 Å². The van der Waals surface area contributed by atoms with Gasteiger partial charge < -0.3 is 4.74 Å². The summed E-state index contributed by atoms with van der Waals surface area (Å²) in [6, 6.07) is 7.11. The summed E-state index contributed by atoms with van der Waals surface area (Å²) in [5.74, 6) is -1.94. The Bertz CT molecular complexity index is 514. The molecule has 0 aliphatic carbocycles. The number of aryl methyl sites for hydroxylation is 2. The number of ketones is 1. The van der Waals surface area contributed by atoms with Crippen molar-refractivity contribution in [3.05, 3.63) is 34.9 Å². The van der Waals surface area contributed by atoms with Crippen molar-refractivity contribution in [1.29, 1.82) is 5.26 Å². The molecule has 4 nitrogen and oxygen atoms in total. The number of methoxy groups -OCH3 is 1. The molecule has 0 spiro atoms. The molecular formula is C14H15NO3. The fourth-order valence-electron chi connectivity index (χ4n) is 1.54. The van der Waals surface area contributed by atoms with E-state index in [-0.39, 0.29) is 12.2 Å². The lowest BCUT2D eigenvalue weighted by atomic mass is 9.97. The average molecular weight is 245 g/mol. The highest BCUT2D eigenvalue weighted by Gasteiger charge is 2.22. The molecule has 0 saturated carbocycles. The first-order chi connectivity index (χ1) is 8.49. The molecule has 1 unspecified atom stereocenters. The highest BCUT2D eigenvalue weighted by molar-refractivity contribution is 5.98. The summed E-state index contributed by atoms with van der Waals surface area (Å²) in [4.78, 5) is 23.2. The molecule has 4 heteroatoms. The van der Waals surface area contributed by atoms with Crippen LogP contribution >= 0.6 is 0 Å². The standard InChI is InChI=1S/C14H15NO3/c1-9-4-5-11(6-10(9)2)13(16)7-12(8-15)14(17)18-3/h4-6,12H,7H2,1-3H3. The molecule has 18 heavy (non-hydrogen) atoms. The van der Waals surface area contributed by atoms with Crippen LogP contribution in [0.2, 0.25) is 0 Å². The summed E-state index contributed by atoms with van der Waals surface area (Å²) in [5, 5.41) is 8.82. The van der Waals surface area contributed by atoms with E-state index >= 15 is 0 Å². The van der Waals surface area contributed by atoms with E-state index in [2.05, 4.69) is 4.74 Å². The number of rotatable bonds is 4. The Morgan fingerprint density at radius 3 is 2.50 bits per heavy atom. The quantitative estimate of drug-likeness (QED) is 0.602. The van der Waals surface area contributed by atoms with E-state index in [1.807, 2.05) is 19.9 Å². The van der Waals surface area contributed by atoms with Gasteiger partial charge in [0.25, 0.3) is 0 Å². The minimum absolute atomic E-state index is 0.147. The summed E-state index contributed by atoms with van der Waals surface area (Å²) < 4.78 is 4.47. The number of nitrogens with zero attached hydrogens (tertiary/aromatic N) is 1. The summed E-state index contributed by atoms with van der Waals surface area (Å²) in [5.41, 5.74) is 2.62. The first kappa shape index (κ1) is 13.9. The zero-order valence-electron chi connectivity index (χ0n) is 10.7. The molecule has 0 aromatic heterocycles. The van der Waals surface area contributed by atoms with Gasteiger partial charge in [-0.2, -0.15) is 5.26 Å². The molecule has 1 atom stereocenters. The molecule has 1 aromatic carbocycles. The molecule has 0 aliphatic heterocycles. The molecule has 0 aliphatic rings. The molecule has 1 aromatic rings. The van der Waals surface area contributed by atoms with Crippen molar-refractivity contribution < 1.29 is 14.3 Å². The summed E-state index contributed by atoms with van der Waals surface area (Å²) in [6.45, 7) is 3.87. The van der Waals surface area contributed by atoms with E-state index in [9.17, 15) is 9.59 Å². The maximum Gasteiger partial charge on any atom is 0.323 e. The van der Waals surface area contributed by atoms with Gasteiger partial charge >= 0.3 is 5.97 Å². The van der Waals surface area contributed by atoms with E-state index < -0.39 is 11.9 Å². The van der Waals surface area contributed by atoms with Crippen molar-refractivity contribution in [3.8, 4) is 6.07 Å². The minimum Gasteiger partial charge on any atom is -0.468 e. The zero-order chi connectivity index (χ0) is 13.7. The van der Waals surface area contributed by atoms with Crippen LogP contribution in [0.25, 0.3) is 0 Å². The molecule has 0 bridgehead atoms. The molecule has 0 radical (unpaired) electrons. The fourth-order valence-corrected chi connectivity index (χ4v) is 1.54. The minimum atomic E-state index is -1.04. The molecule has 1 rings (SSSR count). The second kappa shape index (κ2) is 5.97. The second-order valence-corrected chi connectivity index (χ2v) is 4.13. The molecule has 0 fully saturated rings. The predicted molar refractivity (Wildman–Crippen MR) is 66.0 cm³/mol. The largest absolute Gasteiger partial charge is 0.468 e. The number of hydrogen-bond acceptors (Lipinski definition) is 4. The first-order valence-electron chi connectivity index (χ1n) is 5.57. The van der Waals surface area contributed by atoms with Gasteiger partial charge in [0.1, 0.15) is 0 Å². The van der Waals surface area contributed by atoms with Crippen LogP contribution in [-0.2, 0) is 9.53 Å². The summed E-state index contributed by atoms with van der Waals surface area (Å²) in [7, 11) is 1.20. The number of Topliss-reactive ketones (excluding diaryl/α,β-unsaturated/α-hetero) is 1. The third-order valence-corrected chi connectivity index (χ3v) is 2.86. The Hall–Kier alpha value is -2.15. The van der Waals surface area contributed by atoms with Gasteiger partial charge in [-0.25, -0.2) is 0 Å². The van der Waals surface area contributed by atoms with Crippen molar-refractivity contribution in [2.24, 2.45) is 5.92 Å². The maximum atomic E-state index is 11.9.